The number of aromatic nitrogens is 1. The van der Waals surface area contributed by atoms with Gasteiger partial charge in [0.15, 0.2) is 11.7 Å². The molecule has 7 nitrogen and oxygen atoms in total. The second-order valence-electron chi connectivity index (χ2n) is 6.02. The third-order valence-electron chi connectivity index (χ3n) is 3.86. The van der Waals surface area contributed by atoms with Crippen LogP contribution in [0.2, 0.25) is 0 Å². The SMILES string of the molecule is Cc1cccc(C)c1OCC(=O)Nc1ccc(S(=O)(=O)Nc2nccs2)cc1. The summed E-state index contributed by atoms with van der Waals surface area (Å²) < 4.78 is 32.6. The number of benzene rings is 2. The number of para-hydroxylation sites is 1. The first kappa shape index (κ1) is 19.8. The summed E-state index contributed by atoms with van der Waals surface area (Å²) in [6, 6.07) is 11.6. The largest absolute Gasteiger partial charge is 0.483 e. The molecule has 2 aromatic carbocycles. The first-order valence-electron chi connectivity index (χ1n) is 8.36. The summed E-state index contributed by atoms with van der Waals surface area (Å²) >= 11 is 1.19. The zero-order valence-corrected chi connectivity index (χ0v) is 16.9. The minimum absolute atomic E-state index is 0.0764. The molecule has 0 aliphatic carbocycles. The van der Waals surface area contributed by atoms with Crippen molar-refractivity contribution in [1.29, 1.82) is 0 Å². The highest BCUT2D eigenvalue weighted by molar-refractivity contribution is 7.93. The van der Waals surface area contributed by atoms with E-state index in [4.69, 9.17) is 4.74 Å². The van der Waals surface area contributed by atoms with Gasteiger partial charge in [-0.3, -0.25) is 9.52 Å². The average molecular weight is 418 g/mol. The van der Waals surface area contributed by atoms with Crippen LogP contribution in [0.15, 0.2) is 58.9 Å². The van der Waals surface area contributed by atoms with Crippen molar-refractivity contribution in [2.45, 2.75) is 18.7 Å². The minimum Gasteiger partial charge on any atom is -0.483 e. The van der Waals surface area contributed by atoms with E-state index < -0.39 is 10.0 Å². The normalized spacial score (nSPS) is 11.1. The van der Waals surface area contributed by atoms with Crippen LogP contribution in [0.4, 0.5) is 10.8 Å². The summed E-state index contributed by atoms with van der Waals surface area (Å²) in [5, 5.41) is 4.66. The number of thiazole rings is 1. The predicted molar refractivity (Wildman–Crippen MR) is 109 cm³/mol. The second kappa shape index (κ2) is 8.41. The van der Waals surface area contributed by atoms with E-state index in [0.717, 1.165) is 11.1 Å². The molecule has 0 unspecified atom stereocenters. The Balaban J connectivity index is 1.60. The molecule has 0 bridgehead atoms. The third-order valence-corrected chi connectivity index (χ3v) is 6.03. The van der Waals surface area contributed by atoms with Crippen molar-refractivity contribution in [3.63, 3.8) is 0 Å². The molecule has 0 aliphatic heterocycles. The molecule has 0 aliphatic rings. The van der Waals surface area contributed by atoms with E-state index in [-0.39, 0.29) is 17.4 Å². The number of carbonyl (C=O) groups is 1. The molecule has 0 radical (unpaired) electrons. The number of sulfonamides is 1. The Kier molecular flexibility index (Phi) is 5.96. The van der Waals surface area contributed by atoms with Crippen LogP contribution in [-0.4, -0.2) is 25.9 Å². The summed E-state index contributed by atoms with van der Waals surface area (Å²) in [4.78, 5) is 16.1. The van der Waals surface area contributed by atoms with Crippen LogP contribution < -0.4 is 14.8 Å². The summed E-state index contributed by atoms with van der Waals surface area (Å²) in [5.74, 6) is 0.353. The number of hydrogen-bond acceptors (Lipinski definition) is 6. The lowest BCUT2D eigenvalue weighted by Gasteiger charge is -2.12. The Bertz CT molecular complexity index is 1040. The maximum atomic E-state index is 12.3. The van der Waals surface area contributed by atoms with Gasteiger partial charge in [-0.1, -0.05) is 18.2 Å². The third kappa shape index (κ3) is 4.87. The molecular formula is C19H19N3O4S2. The second-order valence-corrected chi connectivity index (χ2v) is 8.60. The van der Waals surface area contributed by atoms with Crippen LogP contribution in [0.5, 0.6) is 5.75 Å². The Labute approximate surface area is 167 Å². The molecular weight excluding hydrogens is 398 g/mol. The van der Waals surface area contributed by atoms with Crippen molar-refractivity contribution in [1.82, 2.24) is 4.98 Å². The molecule has 1 heterocycles. The van der Waals surface area contributed by atoms with E-state index in [1.807, 2.05) is 32.0 Å². The smallest absolute Gasteiger partial charge is 0.263 e. The van der Waals surface area contributed by atoms with E-state index in [2.05, 4.69) is 15.0 Å². The lowest BCUT2D eigenvalue weighted by molar-refractivity contribution is -0.118. The molecule has 2 N–H and O–H groups in total. The van der Waals surface area contributed by atoms with Gasteiger partial charge in [-0.25, -0.2) is 13.4 Å². The van der Waals surface area contributed by atoms with Gasteiger partial charge in [0.25, 0.3) is 15.9 Å². The number of nitrogens with zero attached hydrogens (tertiary/aromatic N) is 1. The molecule has 0 spiro atoms. The molecule has 0 saturated carbocycles. The summed E-state index contributed by atoms with van der Waals surface area (Å²) in [6.45, 7) is 3.69. The maximum Gasteiger partial charge on any atom is 0.263 e. The van der Waals surface area contributed by atoms with Gasteiger partial charge in [0, 0.05) is 17.3 Å². The van der Waals surface area contributed by atoms with Gasteiger partial charge in [0.2, 0.25) is 0 Å². The van der Waals surface area contributed by atoms with Crippen molar-refractivity contribution < 1.29 is 17.9 Å². The van der Waals surface area contributed by atoms with Crippen LogP contribution in [0.25, 0.3) is 0 Å². The van der Waals surface area contributed by atoms with Crippen LogP contribution in [-0.2, 0) is 14.8 Å². The number of carbonyl (C=O) groups excluding carboxylic acids is 1. The van der Waals surface area contributed by atoms with Crippen molar-refractivity contribution in [3.05, 3.63) is 65.2 Å². The number of amides is 1. The number of aryl methyl sites for hydroxylation is 2. The van der Waals surface area contributed by atoms with Gasteiger partial charge in [-0.05, 0) is 49.2 Å². The summed E-state index contributed by atoms with van der Waals surface area (Å²) in [7, 11) is -3.72. The topological polar surface area (TPSA) is 97.4 Å². The molecule has 28 heavy (non-hydrogen) atoms. The lowest BCUT2D eigenvalue weighted by atomic mass is 10.1. The van der Waals surface area contributed by atoms with E-state index in [1.165, 1.54) is 41.8 Å². The molecule has 146 valence electrons. The van der Waals surface area contributed by atoms with Crippen molar-refractivity contribution in [2.75, 3.05) is 16.6 Å². The van der Waals surface area contributed by atoms with Crippen molar-refractivity contribution in [3.8, 4) is 5.75 Å². The van der Waals surface area contributed by atoms with E-state index in [9.17, 15) is 13.2 Å². The van der Waals surface area contributed by atoms with E-state index in [0.29, 0.717) is 16.6 Å². The number of anilines is 2. The monoisotopic (exact) mass is 417 g/mol. The molecule has 0 fully saturated rings. The van der Waals surface area contributed by atoms with Crippen LogP contribution >= 0.6 is 11.3 Å². The molecule has 0 saturated heterocycles. The molecule has 9 heteroatoms. The fourth-order valence-electron chi connectivity index (χ4n) is 2.53. The predicted octanol–water partition coefficient (Wildman–Crippen LogP) is 3.58. The molecule has 3 aromatic rings. The number of hydrogen-bond donors (Lipinski definition) is 2. The first-order valence-corrected chi connectivity index (χ1v) is 10.7. The molecule has 0 atom stereocenters. The number of ether oxygens (including phenoxy) is 1. The Morgan fingerprint density at radius 1 is 1.11 bits per heavy atom. The molecule has 3 rings (SSSR count). The maximum absolute atomic E-state index is 12.3. The van der Waals surface area contributed by atoms with Crippen LogP contribution in [0.3, 0.4) is 0 Å². The standard InChI is InChI=1S/C19H19N3O4S2/c1-13-4-3-5-14(2)18(13)26-12-17(23)21-15-6-8-16(9-7-15)28(24,25)22-19-20-10-11-27-19/h3-11H,12H2,1-2H3,(H,20,22)(H,21,23). The van der Waals surface area contributed by atoms with Crippen molar-refractivity contribution in [2.24, 2.45) is 0 Å². The zero-order valence-electron chi connectivity index (χ0n) is 15.3. The average Bonchev–Trinajstić information content (AvgIpc) is 3.14. The fraction of sp³-hybridized carbons (Fsp3) is 0.158. The Hall–Kier alpha value is -2.91. The Morgan fingerprint density at radius 2 is 1.79 bits per heavy atom. The quantitative estimate of drug-likeness (QED) is 0.612. The van der Waals surface area contributed by atoms with Gasteiger partial charge in [-0.2, -0.15) is 0 Å². The Morgan fingerprint density at radius 3 is 2.39 bits per heavy atom. The van der Waals surface area contributed by atoms with Gasteiger partial charge >= 0.3 is 0 Å². The zero-order chi connectivity index (χ0) is 20.1. The van der Waals surface area contributed by atoms with E-state index in [1.54, 1.807) is 5.38 Å². The lowest BCUT2D eigenvalue weighted by Crippen LogP contribution is -2.20. The van der Waals surface area contributed by atoms with E-state index >= 15 is 0 Å². The van der Waals surface area contributed by atoms with Gasteiger partial charge < -0.3 is 10.1 Å². The fourth-order valence-corrected chi connectivity index (χ4v) is 4.32. The van der Waals surface area contributed by atoms with Crippen LogP contribution in [0.1, 0.15) is 11.1 Å². The van der Waals surface area contributed by atoms with Gasteiger partial charge in [-0.15, -0.1) is 11.3 Å². The highest BCUT2D eigenvalue weighted by atomic mass is 32.2. The molecule has 1 aromatic heterocycles. The van der Waals surface area contributed by atoms with Crippen LogP contribution in [0, 0.1) is 13.8 Å². The number of nitrogens with one attached hydrogen (secondary N) is 2. The minimum atomic E-state index is -3.72. The summed E-state index contributed by atoms with van der Waals surface area (Å²) in [5.41, 5.74) is 2.38. The van der Waals surface area contributed by atoms with Gasteiger partial charge in [0.1, 0.15) is 5.75 Å². The highest BCUT2D eigenvalue weighted by Crippen LogP contribution is 2.22. The van der Waals surface area contributed by atoms with Crippen molar-refractivity contribution >= 4 is 38.1 Å². The van der Waals surface area contributed by atoms with Gasteiger partial charge in [0.05, 0.1) is 4.90 Å². The first-order chi connectivity index (χ1) is 13.3. The number of rotatable bonds is 7. The molecule has 1 amide bonds. The summed E-state index contributed by atoms with van der Waals surface area (Å²) in [6.07, 6.45) is 1.52. The highest BCUT2D eigenvalue weighted by Gasteiger charge is 2.15.